The number of aliphatic hydroxyl groups is 1. The third kappa shape index (κ3) is 2.93. The van der Waals surface area contributed by atoms with Gasteiger partial charge in [0.1, 0.15) is 18.2 Å². The van der Waals surface area contributed by atoms with Crippen LogP contribution >= 0.6 is 11.8 Å². The fourth-order valence-electron chi connectivity index (χ4n) is 1.64. The monoisotopic (exact) mass is 285 g/mol. The zero-order valence-electron chi connectivity index (χ0n) is 10.5. The van der Waals surface area contributed by atoms with Crippen LogP contribution in [-0.4, -0.2) is 19.9 Å². The summed E-state index contributed by atoms with van der Waals surface area (Å²) in [5.41, 5.74) is 0.403. The topological polar surface area (TPSA) is 50.9 Å². The van der Waals surface area contributed by atoms with Gasteiger partial charge in [-0.2, -0.15) is 0 Å². The minimum atomic E-state index is -0.598. The minimum Gasteiger partial charge on any atom is -0.388 e. The average Bonchev–Trinajstić information content (AvgIpc) is 2.70. The summed E-state index contributed by atoms with van der Waals surface area (Å²) in [6.07, 6.45) is 0. The molecule has 0 bridgehead atoms. The number of hydrogen-bond acceptors (Lipinski definition) is 4. The fourth-order valence-corrected chi connectivity index (χ4v) is 2.62. The molecule has 102 valence electrons. The van der Waals surface area contributed by atoms with Crippen molar-refractivity contribution in [1.29, 1.82) is 0 Å². The summed E-state index contributed by atoms with van der Waals surface area (Å²) in [5, 5.41) is 17.1. The lowest BCUT2D eigenvalue weighted by molar-refractivity contribution is 0.266. The Kier molecular flexibility index (Phi) is 4.16. The predicted molar refractivity (Wildman–Crippen MR) is 67.6 cm³/mol. The van der Waals surface area contributed by atoms with Crippen LogP contribution in [0, 0.1) is 11.6 Å². The molecule has 2 rings (SSSR count). The van der Waals surface area contributed by atoms with Crippen molar-refractivity contribution in [3.05, 3.63) is 41.2 Å². The van der Waals surface area contributed by atoms with E-state index in [9.17, 15) is 8.78 Å². The van der Waals surface area contributed by atoms with Crippen LogP contribution in [-0.2, 0) is 13.7 Å². The molecule has 7 heteroatoms. The Hall–Kier alpha value is -1.47. The molecule has 0 saturated heterocycles. The number of halogens is 2. The quantitative estimate of drug-likeness (QED) is 0.877. The van der Waals surface area contributed by atoms with Crippen LogP contribution in [0.3, 0.4) is 0 Å². The van der Waals surface area contributed by atoms with Gasteiger partial charge < -0.3 is 9.67 Å². The highest BCUT2D eigenvalue weighted by atomic mass is 32.2. The molecule has 2 aromatic rings. The Balaban J connectivity index is 2.20. The SMILES string of the molecule is CC(Sc1nnc(CO)n1C)c1ccc(F)cc1F. The molecule has 1 heterocycles. The molecule has 0 fully saturated rings. The van der Waals surface area contributed by atoms with Crippen LogP contribution in [0.15, 0.2) is 23.4 Å². The van der Waals surface area contributed by atoms with Crippen LogP contribution in [0.25, 0.3) is 0 Å². The molecule has 0 radical (unpaired) electrons. The smallest absolute Gasteiger partial charge is 0.191 e. The van der Waals surface area contributed by atoms with Crippen LogP contribution in [0.2, 0.25) is 0 Å². The number of hydrogen-bond donors (Lipinski definition) is 1. The van der Waals surface area contributed by atoms with Gasteiger partial charge in [-0.25, -0.2) is 8.78 Å². The van der Waals surface area contributed by atoms with E-state index in [1.165, 1.54) is 23.9 Å². The van der Waals surface area contributed by atoms with Crippen molar-refractivity contribution in [1.82, 2.24) is 14.8 Å². The number of aliphatic hydroxyl groups excluding tert-OH is 1. The summed E-state index contributed by atoms with van der Waals surface area (Å²) in [6.45, 7) is 1.59. The van der Waals surface area contributed by atoms with E-state index >= 15 is 0 Å². The van der Waals surface area contributed by atoms with Crippen molar-refractivity contribution in [3.8, 4) is 0 Å². The Morgan fingerprint density at radius 2 is 2.11 bits per heavy atom. The maximum atomic E-state index is 13.6. The summed E-state index contributed by atoms with van der Waals surface area (Å²) < 4.78 is 28.1. The second-order valence-corrected chi connectivity index (χ2v) is 5.35. The summed E-state index contributed by atoms with van der Waals surface area (Å²) in [4.78, 5) is 0. The van der Waals surface area contributed by atoms with E-state index in [1.54, 1.807) is 18.5 Å². The maximum Gasteiger partial charge on any atom is 0.191 e. The Morgan fingerprint density at radius 1 is 1.37 bits per heavy atom. The molecule has 0 saturated carbocycles. The van der Waals surface area contributed by atoms with Crippen molar-refractivity contribution in [2.45, 2.75) is 23.9 Å². The molecule has 19 heavy (non-hydrogen) atoms. The lowest BCUT2D eigenvalue weighted by atomic mass is 10.1. The highest BCUT2D eigenvalue weighted by Crippen LogP contribution is 2.35. The van der Waals surface area contributed by atoms with E-state index in [4.69, 9.17) is 5.11 Å². The first-order valence-electron chi connectivity index (χ1n) is 5.63. The van der Waals surface area contributed by atoms with E-state index in [1.807, 2.05) is 0 Å². The molecule has 0 amide bonds. The number of rotatable bonds is 4. The molecule has 1 unspecified atom stereocenters. The van der Waals surface area contributed by atoms with E-state index < -0.39 is 11.6 Å². The highest BCUT2D eigenvalue weighted by Gasteiger charge is 2.17. The first-order chi connectivity index (χ1) is 9.02. The third-order valence-corrected chi connectivity index (χ3v) is 3.92. The molecule has 0 aliphatic heterocycles. The molecule has 1 aromatic heterocycles. The van der Waals surface area contributed by atoms with Crippen molar-refractivity contribution >= 4 is 11.8 Å². The van der Waals surface area contributed by atoms with Crippen LogP contribution in [0.1, 0.15) is 23.6 Å². The lowest BCUT2D eigenvalue weighted by Crippen LogP contribution is -2.00. The molecule has 0 aliphatic carbocycles. The summed E-state index contributed by atoms with van der Waals surface area (Å²) in [6, 6.07) is 3.51. The average molecular weight is 285 g/mol. The molecular formula is C12H13F2N3OS. The van der Waals surface area contributed by atoms with Gasteiger partial charge in [0.05, 0.1) is 0 Å². The number of thioether (sulfide) groups is 1. The van der Waals surface area contributed by atoms with Gasteiger partial charge in [-0.15, -0.1) is 10.2 Å². The standard InChI is InChI=1S/C12H13F2N3OS/c1-7(9-4-3-8(13)5-10(9)14)19-12-16-15-11(6-18)17(12)2/h3-5,7,18H,6H2,1-2H3. The minimum absolute atomic E-state index is 0.205. The Labute approximate surface area is 113 Å². The van der Waals surface area contributed by atoms with Gasteiger partial charge >= 0.3 is 0 Å². The van der Waals surface area contributed by atoms with Crippen LogP contribution in [0.4, 0.5) is 8.78 Å². The molecule has 4 nitrogen and oxygen atoms in total. The van der Waals surface area contributed by atoms with E-state index in [-0.39, 0.29) is 11.9 Å². The molecular weight excluding hydrogens is 272 g/mol. The predicted octanol–water partition coefficient (Wildman–Crippen LogP) is 2.44. The Morgan fingerprint density at radius 3 is 2.68 bits per heavy atom. The molecule has 1 atom stereocenters. The molecule has 0 aliphatic rings. The van der Waals surface area contributed by atoms with Gasteiger partial charge in [0.15, 0.2) is 11.0 Å². The first-order valence-corrected chi connectivity index (χ1v) is 6.51. The van der Waals surface area contributed by atoms with E-state index in [2.05, 4.69) is 10.2 Å². The van der Waals surface area contributed by atoms with Crippen molar-refractivity contribution in [2.24, 2.45) is 7.05 Å². The zero-order chi connectivity index (χ0) is 14.0. The van der Waals surface area contributed by atoms with Crippen molar-refractivity contribution in [3.63, 3.8) is 0 Å². The van der Waals surface area contributed by atoms with Gasteiger partial charge in [-0.3, -0.25) is 0 Å². The molecule has 1 aromatic carbocycles. The van der Waals surface area contributed by atoms with Gasteiger partial charge in [0, 0.05) is 23.9 Å². The first kappa shape index (κ1) is 14.0. The van der Waals surface area contributed by atoms with Gasteiger partial charge in [-0.1, -0.05) is 17.8 Å². The van der Waals surface area contributed by atoms with Gasteiger partial charge in [0.25, 0.3) is 0 Å². The van der Waals surface area contributed by atoms with E-state index in [0.717, 1.165) is 6.07 Å². The summed E-state index contributed by atoms with van der Waals surface area (Å²) in [5.74, 6) is -0.737. The largest absolute Gasteiger partial charge is 0.388 e. The molecule has 1 N–H and O–H groups in total. The molecule has 0 spiro atoms. The van der Waals surface area contributed by atoms with Gasteiger partial charge in [-0.05, 0) is 13.0 Å². The Bertz CT molecular complexity index is 588. The third-order valence-electron chi connectivity index (χ3n) is 2.75. The second kappa shape index (κ2) is 5.66. The maximum absolute atomic E-state index is 13.6. The fraction of sp³-hybridized carbons (Fsp3) is 0.333. The van der Waals surface area contributed by atoms with E-state index in [0.29, 0.717) is 16.5 Å². The lowest BCUT2D eigenvalue weighted by Gasteiger charge is -2.12. The van der Waals surface area contributed by atoms with Gasteiger partial charge in [0.2, 0.25) is 0 Å². The number of aromatic nitrogens is 3. The van der Waals surface area contributed by atoms with Crippen molar-refractivity contribution in [2.75, 3.05) is 0 Å². The summed E-state index contributed by atoms with van der Waals surface area (Å²) in [7, 11) is 1.72. The highest BCUT2D eigenvalue weighted by molar-refractivity contribution is 7.99. The zero-order valence-corrected chi connectivity index (χ0v) is 11.3. The number of nitrogens with zero attached hydrogens (tertiary/aromatic N) is 3. The van der Waals surface area contributed by atoms with Crippen molar-refractivity contribution < 1.29 is 13.9 Å². The van der Waals surface area contributed by atoms with Crippen LogP contribution in [0.5, 0.6) is 0 Å². The van der Waals surface area contributed by atoms with Crippen LogP contribution < -0.4 is 0 Å². The number of benzene rings is 1. The normalized spacial score (nSPS) is 12.7. The second-order valence-electron chi connectivity index (χ2n) is 4.04. The summed E-state index contributed by atoms with van der Waals surface area (Å²) >= 11 is 1.30.